The number of non-ortho nitro benzene ring substituents is 2. The molecule has 0 radical (unpaired) electrons. The van der Waals surface area contributed by atoms with Gasteiger partial charge in [0, 0.05) is 48.1 Å². The third-order valence-corrected chi connectivity index (χ3v) is 6.29. The molecule has 0 spiro atoms. The number of allylic oxidation sites excluding steroid dienone is 4. The summed E-state index contributed by atoms with van der Waals surface area (Å²) >= 11 is 11.0. The van der Waals surface area contributed by atoms with Crippen molar-refractivity contribution in [1.29, 1.82) is 0 Å². The minimum Gasteiger partial charge on any atom is -0.875 e. The predicted molar refractivity (Wildman–Crippen MR) is 173 cm³/mol. The second-order valence-corrected chi connectivity index (χ2v) is 11.3. The van der Waals surface area contributed by atoms with Gasteiger partial charge in [-0.05, 0) is 32.5 Å². The fourth-order valence-corrected chi connectivity index (χ4v) is 4.46. The maximum absolute atomic E-state index is 11.4. The van der Waals surface area contributed by atoms with Crippen LogP contribution in [0.4, 0.5) is 22.7 Å². The summed E-state index contributed by atoms with van der Waals surface area (Å²) in [5.41, 5.74) is 3.59. The number of nitrogens with one attached hydrogen (secondary N) is 1. The molecule has 2 aromatic rings. The number of ketones is 2. The van der Waals surface area contributed by atoms with Gasteiger partial charge in [0.15, 0.2) is 11.6 Å². The number of halogens is 3. The summed E-state index contributed by atoms with van der Waals surface area (Å²) in [6.07, 6.45) is 0. The van der Waals surface area contributed by atoms with Gasteiger partial charge in [-0.2, -0.15) is 0 Å². The summed E-state index contributed by atoms with van der Waals surface area (Å²) in [5.74, 6) is -1.30. The van der Waals surface area contributed by atoms with Crippen LogP contribution in [0.15, 0.2) is 47.9 Å². The normalized spacial score (nSPS) is 11.3. The zero-order valence-corrected chi connectivity index (χ0v) is 31.8. The van der Waals surface area contributed by atoms with E-state index in [1.54, 1.807) is 0 Å². The van der Waals surface area contributed by atoms with Crippen LogP contribution < -0.4 is 28.8 Å². The largest absolute Gasteiger partial charge is 3.00 e. The van der Waals surface area contributed by atoms with Crippen LogP contribution in [-0.4, -0.2) is 74.1 Å². The van der Waals surface area contributed by atoms with E-state index in [1.165, 1.54) is 0 Å². The van der Waals surface area contributed by atoms with Gasteiger partial charge in [0.1, 0.15) is 0 Å². The fraction of sp³-hybridized carbons (Fsp3) is 0.357. The van der Waals surface area contributed by atoms with E-state index < -0.39 is 75.8 Å². The van der Waals surface area contributed by atoms with Crippen LogP contribution in [0.3, 0.4) is 0 Å². The maximum Gasteiger partial charge on any atom is 3.00 e. The number of nitro benzene ring substituents is 4. The zero-order chi connectivity index (χ0) is 41.8. The molecule has 0 fully saturated rings. The molecular weight excluding hydrogens is 842 g/mol. The van der Waals surface area contributed by atoms with Gasteiger partial charge in [-0.1, -0.05) is 13.8 Å². The van der Waals surface area contributed by atoms with Crippen LogP contribution in [0.2, 0.25) is 0 Å². The number of hydrogen-bond acceptors (Lipinski definition) is 17. The molecule has 0 heterocycles. The molecule has 0 aliphatic rings. The van der Waals surface area contributed by atoms with Crippen molar-refractivity contribution in [2.75, 3.05) is 37.9 Å². The summed E-state index contributed by atoms with van der Waals surface area (Å²) in [7, 11) is -4.94. The maximum atomic E-state index is 11.4. The third-order valence-electron chi connectivity index (χ3n) is 5.95. The molecule has 0 saturated heterocycles. The quantitative estimate of drug-likeness (QED) is 0.0753. The Morgan fingerprint density at radius 2 is 0.944 bits per heavy atom. The smallest absolute Gasteiger partial charge is 0.875 e. The standard InChI is InChI=1S/2C11H10N2O6.C6H13Cl2N2.ClHO4.Co/c2*1-6(14)11(7(2)15)9-4-3-8(12(16)17)5-10(9)13(18)19;7-1-4-10(5-2-8)6-3-9;2-1(3,4)5;/h2*3-5,14H,1-2H3;9H,1-6H2;(H,2,3,4,5);/q;;-1;;+3/p-3/b2*11-6+;;;. The van der Waals surface area contributed by atoms with E-state index in [-0.39, 0.29) is 39.1 Å². The van der Waals surface area contributed by atoms with E-state index in [2.05, 4.69) is 4.90 Å². The van der Waals surface area contributed by atoms with Crippen molar-refractivity contribution in [3.8, 4) is 0 Å². The number of rotatable bonds is 14. The first-order chi connectivity index (χ1) is 24.3. The molecule has 0 saturated carbocycles. The van der Waals surface area contributed by atoms with Crippen molar-refractivity contribution >= 4 is 68.7 Å². The van der Waals surface area contributed by atoms with Gasteiger partial charge in [0.2, 0.25) is 0 Å². The number of alkyl halides is 2. The van der Waals surface area contributed by atoms with Crippen molar-refractivity contribution < 1.29 is 85.2 Å². The monoisotopic (exact) mass is 871 g/mol. The minimum absolute atomic E-state index is 0. The number of nitro groups is 4. The first-order valence-corrected chi connectivity index (χ1v) is 16.4. The summed E-state index contributed by atoms with van der Waals surface area (Å²) in [4.78, 5) is 64.4. The summed E-state index contributed by atoms with van der Waals surface area (Å²) in [6.45, 7) is 7.28. The van der Waals surface area contributed by atoms with Crippen molar-refractivity contribution in [2.45, 2.75) is 27.7 Å². The Morgan fingerprint density at radius 1 is 0.648 bits per heavy atom. The number of carbonyl (C=O) groups is 2. The van der Waals surface area contributed by atoms with Crippen molar-refractivity contribution in [2.24, 2.45) is 0 Å². The van der Waals surface area contributed by atoms with Crippen molar-refractivity contribution in [1.82, 2.24) is 4.90 Å². The second-order valence-electron chi connectivity index (χ2n) is 9.75. The Morgan fingerprint density at radius 3 is 1.13 bits per heavy atom. The third kappa shape index (κ3) is 20.7. The van der Waals surface area contributed by atoms with Crippen LogP contribution in [-0.2, 0) is 26.4 Å². The first-order valence-electron chi connectivity index (χ1n) is 14.1. The van der Waals surface area contributed by atoms with Gasteiger partial charge in [-0.3, -0.25) is 50.0 Å². The Kier molecular flexibility index (Phi) is 26.4. The topological polar surface area (TPSA) is 372 Å². The molecule has 22 nitrogen and oxygen atoms in total. The molecule has 300 valence electrons. The Bertz CT molecular complexity index is 1570. The van der Waals surface area contributed by atoms with E-state index in [0.717, 1.165) is 83.7 Å². The van der Waals surface area contributed by atoms with Crippen LogP contribution >= 0.6 is 23.2 Å². The number of Topliss-reactive ketones (excluding diaryl/α,β-unsaturated/α-hetero) is 2. The molecule has 0 unspecified atom stereocenters. The summed E-state index contributed by atoms with van der Waals surface area (Å²) in [5, 5.41) is 65.7. The van der Waals surface area contributed by atoms with Gasteiger partial charge in [-0.25, -0.2) is 18.6 Å². The molecule has 2 rings (SSSR count). The van der Waals surface area contributed by atoms with E-state index in [1.807, 2.05) is 0 Å². The average molecular weight is 873 g/mol. The molecule has 1 N–H and O–H groups in total. The van der Waals surface area contributed by atoms with E-state index in [0.29, 0.717) is 18.3 Å². The molecule has 0 aromatic heterocycles. The van der Waals surface area contributed by atoms with E-state index in [4.69, 9.17) is 47.6 Å². The zero-order valence-electron chi connectivity index (χ0n) is 28.4. The molecule has 2 aromatic carbocycles. The van der Waals surface area contributed by atoms with Crippen LogP contribution in [0.5, 0.6) is 0 Å². The van der Waals surface area contributed by atoms with Gasteiger partial charge < -0.3 is 20.8 Å². The fourth-order valence-electron chi connectivity index (χ4n) is 3.98. The van der Waals surface area contributed by atoms with Gasteiger partial charge in [-0.15, -0.1) is 51.5 Å². The van der Waals surface area contributed by atoms with Crippen molar-refractivity contribution in [3.63, 3.8) is 0 Å². The molecule has 0 amide bonds. The summed E-state index contributed by atoms with van der Waals surface area (Å²) < 4.78 is 34.0. The Labute approximate surface area is 328 Å². The first kappa shape index (κ1) is 53.9. The molecule has 0 aliphatic heterocycles. The molecule has 0 bridgehead atoms. The van der Waals surface area contributed by atoms with Crippen molar-refractivity contribution in [3.05, 3.63) is 105 Å². The molecule has 54 heavy (non-hydrogen) atoms. The second kappa shape index (κ2) is 26.4. The molecule has 0 aliphatic carbocycles. The predicted octanol–water partition coefficient (Wildman–Crippen LogP) is -0.574. The van der Waals surface area contributed by atoms with Crippen LogP contribution in [0, 0.1) is 50.7 Å². The Hall–Kier alpha value is -4.40. The van der Waals surface area contributed by atoms with Crippen LogP contribution in [0.25, 0.3) is 16.9 Å². The average Bonchev–Trinajstić information content (AvgIpc) is 3.00. The number of nitrogens with zero attached hydrogens (tertiary/aromatic N) is 5. The van der Waals surface area contributed by atoms with Crippen LogP contribution in [0.1, 0.15) is 38.8 Å². The molecule has 26 heteroatoms. The SMILES string of the molecule is CC(=O)/C(=C(/C)[O-])c1ccc([N+](=O)[O-])cc1[N+](=O)[O-].CC(=O)/C(=C(/C)[O-])c1ccc([N+](=O)[O-])cc1[N+](=O)[O-].[Co+3].[NH-]CCN(CCCl)CCCl.[O-][Cl+3]([O-])([O-])[O-]. The molecular formula is C28H31Cl3CoN6O16-. The van der Waals surface area contributed by atoms with Gasteiger partial charge in [0.05, 0.1) is 43.0 Å². The van der Waals surface area contributed by atoms with E-state index in [9.17, 15) is 60.3 Å². The number of hydrogen-bond donors (Lipinski definition) is 0. The number of carbonyl (C=O) groups excluding carboxylic acids is 2. The van der Waals surface area contributed by atoms with E-state index >= 15 is 0 Å². The van der Waals surface area contributed by atoms with Gasteiger partial charge >= 0.3 is 16.8 Å². The van der Waals surface area contributed by atoms with Gasteiger partial charge in [0.25, 0.3) is 22.7 Å². The Balaban J connectivity index is -0.000000700. The number of benzene rings is 2. The minimum atomic E-state index is -4.94. The summed E-state index contributed by atoms with van der Waals surface area (Å²) in [6, 6.07) is 5.54. The molecule has 0 atom stereocenters.